The van der Waals surface area contributed by atoms with Crippen LogP contribution in [-0.4, -0.2) is 20.9 Å². The van der Waals surface area contributed by atoms with E-state index in [1.54, 1.807) is 17.5 Å². The zero-order valence-corrected chi connectivity index (χ0v) is 14.7. The zero-order valence-electron chi connectivity index (χ0n) is 13.9. The second kappa shape index (κ2) is 6.40. The number of aryl methyl sites for hydroxylation is 4. The van der Waals surface area contributed by atoms with E-state index in [0.29, 0.717) is 18.1 Å². The number of amides is 1. The fourth-order valence-corrected chi connectivity index (χ4v) is 4.49. The van der Waals surface area contributed by atoms with E-state index in [2.05, 4.69) is 20.3 Å². The van der Waals surface area contributed by atoms with Crippen molar-refractivity contribution in [3.05, 3.63) is 50.5 Å². The Balaban J connectivity index is 1.48. The number of aromatic amines is 1. The summed E-state index contributed by atoms with van der Waals surface area (Å²) in [4.78, 5) is 38.1. The predicted octanol–water partition coefficient (Wildman–Crippen LogP) is 2.75. The number of nitrogens with zero attached hydrogens (tertiary/aromatic N) is 2. The Morgan fingerprint density at radius 1 is 1.40 bits per heavy atom. The molecule has 1 aliphatic rings. The summed E-state index contributed by atoms with van der Waals surface area (Å²) in [6, 6.07) is 3.69. The lowest BCUT2D eigenvalue weighted by atomic mass is 10.2. The smallest absolute Gasteiger partial charge is 0.259 e. The number of hydrogen-bond acceptors (Lipinski definition) is 5. The van der Waals surface area contributed by atoms with Gasteiger partial charge < -0.3 is 10.3 Å². The van der Waals surface area contributed by atoms with E-state index in [4.69, 9.17) is 0 Å². The third-order valence-corrected chi connectivity index (χ3v) is 5.58. The van der Waals surface area contributed by atoms with Gasteiger partial charge in [-0.3, -0.25) is 9.59 Å². The van der Waals surface area contributed by atoms with Crippen LogP contribution < -0.4 is 10.9 Å². The predicted molar refractivity (Wildman–Crippen MR) is 98.2 cm³/mol. The van der Waals surface area contributed by atoms with Crippen molar-refractivity contribution in [1.29, 1.82) is 0 Å². The number of anilines is 1. The van der Waals surface area contributed by atoms with Gasteiger partial charge in [0.15, 0.2) is 0 Å². The molecule has 1 amide bonds. The van der Waals surface area contributed by atoms with Gasteiger partial charge in [-0.2, -0.15) is 0 Å². The number of hydrogen-bond donors (Lipinski definition) is 2. The number of carbonyl (C=O) groups is 1. The first-order valence-electron chi connectivity index (χ1n) is 8.36. The van der Waals surface area contributed by atoms with Crippen LogP contribution in [0, 0.1) is 6.92 Å². The second-order valence-corrected chi connectivity index (χ2v) is 7.40. The third kappa shape index (κ3) is 3.19. The van der Waals surface area contributed by atoms with Crippen molar-refractivity contribution >= 4 is 33.3 Å². The van der Waals surface area contributed by atoms with Crippen molar-refractivity contribution in [2.24, 2.45) is 0 Å². The topological polar surface area (TPSA) is 87.7 Å². The molecule has 0 unspecified atom stereocenters. The van der Waals surface area contributed by atoms with Crippen molar-refractivity contribution < 1.29 is 4.79 Å². The van der Waals surface area contributed by atoms with Crippen LogP contribution in [0.25, 0.3) is 10.2 Å². The monoisotopic (exact) mass is 354 g/mol. The number of thiophene rings is 1. The molecule has 0 spiro atoms. The summed E-state index contributed by atoms with van der Waals surface area (Å²) in [6.45, 7) is 1.94. The lowest BCUT2D eigenvalue weighted by Gasteiger charge is -2.05. The van der Waals surface area contributed by atoms with Crippen LogP contribution in [0.2, 0.25) is 0 Å². The molecule has 3 aromatic rings. The van der Waals surface area contributed by atoms with Gasteiger partial charge in [0.25, 0.3) is 5.56 Å². The van der Waals surface area contributed by atoms with E-state index in [0.717, 1.165) is 35.0 Å². The third-order valence-electron chi connectivity index (χ3n) is 4.40. The van der Waals surface area contributed by atoms with E-state index in [-0.39, 0.29) is 17.9 Å². The molecule has 0 saturated carbocycles. The van der Waals surface area contributed by atoms with Crippen LogP contribution in [0.15, 0.2) is 23.1 Å². The van der Waals surface area contributed by atoms with Crippen molar-refractivity contribution in [3.63, 3.8) is 0 Å². The maximum absolute atomic E-state index is 12.4. The SMILES string of the molecule is Cc1ccnc(NC(=O)CCc2nc3sc4c(c3c(=O)[nH]2)CCC4)c1. The Morgan fingerprint density at radius 2 is 2.28 bits per heavy atom. The van der Waals surface area contributed by atoms with Crippen LogP contribution in [-0.2, 0) is 24.1 Å². The summed E-state index contributed by atoms with van der Waals surface area (Å²) in [5.41, 5.74) is 2.12. The average Bonchev–Trinajstić information content (AvgIpc) is 3.13. The van der Waals surface area contributed by atoms with E-state index in [9.17, 15) is 9.59 Å². The minimum atomic E-state index is -0.144. The molecular weight excluding hydrogens is 336 g/mol. The van der Waals surface area contributed by atoms with E-state index in [1.165, 1.54) is 10.4 Å². The molecule has 0 atom stereocenters. The highest BCUT2D eigenvalue weighted by Crippen LogP contribution is 2.34. The first kappa shape index (κ1) is 16.0. The van der Waals surface area contributed by atoms with Gasteiger partial charge in [-0.25, -0.2) is 9.97 Å². The van der Waals surface area contributed by atoms with Crippen LogP contribution in [0.5, 0.6) is 0 Å². The number of rotatable bonds is 4. The Labute approximate surface area is 148 Å². The average molecular weight is 354 g/mol. The molecule has 0 aromatic carbocycles. The Bertz CT molecular complexity index is 1020. The summed E-state index contributed by atoms with van der Waals surface area (Å²) >= 11 is 1.61. The van der Waals surface area contributed by atoms with Crippen molar-refractivity contribution in [1.82, 2.24) is 15.0 Å². The second-order valence-electron chi connectivity index (χ2n) is 6.32. The molecule has 0 aliphatic heterocycles. The number of pyridine rings is 1. The minimum absolute atomic E-state index is 0.0832. The maximum atomic E-state index is 12.4. The lowest BCUT2D eigenvalue weighted by Crippen LogP contribution is -2.16. The van der Waals surface area contributed by atoms with Gasteiger partial charge in [-0.1, -0.05) is 0 Å². The number of carbonyl (C=O) groups excluding carboxylic acids is 1. The Hall–Kier alpha value is -2.54. The van der Waals surface area contributed by atoms with Gasteiger partial charge in [-0.05, 0) is 49.4 Å². The van der Waals surface area contributed by atoms with Crippen molar-refractivity contribution in [3.8, 4) is 0 Å². The standard InChI is InChI=1S/C18H18N4O2S/c1-10-7-8-19-14(9-10)20-15(23)6-5-13-21-17(24)16-11-3-2-4-12(11)25-18(16)22-13/h7-9H,2-6H2,1H3,(H,19,20,23)(H,21,22,24). The highest BCUT2D eigenvalue weighted by atomic mass is 32.1. The van der Waals surface area contributed by atoms with E-state index >= 15 is 0 Å². The molecule has 0 saturated heterocycles. The first-order chi connectivity index (χ1) is 12.1. The molecule has 2 N–H and O–H groups in total. The quantitative estimate of drug-likeness (QED) is 0.754. The molecular formula is C18H18N4O2S. The molecule has 6 nitrogen and oxygen atoms in total. The van der Waals surface area contributed by atoms with Crippen LogP contribution in [0.4, 0.5) is 5.82 Å². The van der Waals surface area contributed by atoms with Gasteiger partial charge in [0.1, 0.15) is 16.5 Å². The highest BCUT2D eigenvalue weighted by Gasteiger charge is 2.21. The molecule has 0 bridgehead atoms. The molecule has 128 valence electrons. The van der Waals surface area contributed by atoms with Gasteiger partial charge in [-0.15, -0.1) is 11.3 Å². The van der Waals surface area contributed by atoms with Crippen molar-refractivity contribution in [2.75, 3.05) is 5.32 Å². The molecule has 1 aliphatic carbocycles. The maximum Gasteiger partial charge on any atom is 0.259 e. The Morgan fingerprint density at radius 3 is 3.12 bits per heavy atom. The van der Waals surface area contributed by atoms with E-state index < -0.39 is 0 Å². The Kier molecular flexibility index (Phi) is 4.09. The largest absolute Gasteiger partial charge is 0.311 e. The van der Waals surface area contributed by atoms with E-state index in [1.807, 2.05) is 19.1 Å². The van der Waals surface area contributed by atoms with Gasteiger partial charge in [0, 0.05) is 23.9 Å². The molecule has 0 radical (unpaired) electrons. The lowest BCUT2D eigenvalue weighted by molar-refractivity contribution is -0.116. The molecule has 25 heavy (non-hydrogen) atoms. The van der Waals surface area contributed by atoms with Crippen molar-refractivity contribution in [2.45, 2.75) is 39.0 Å². The normalized spacial score (nSPS) is 13.2. The van der Waals surface area contributed by atoms with Gasteiger partial charge in [0.2, 0.25) is 5.91 Å². The summed E-state index contributed by atoms with van der Waals surface area (Å²) in [5, 5.41) is 3.51. The van der Waals surface area contributed by atoms with Crippen LogP contribution in [0.1, 0.15) is 34.7 Å². The first-order valence-corrected chi connectivity index (χ1v) is 9.18. The summed E-state index contributed by atoms with van der Waals surface area (Å²) < 4.78 is 0. The highest BCUT2D eigenvalue weighted by molar-refractivity contribution is 7.18. The fraction of sp³-hybridized carbons (Fsp3) is 0.333. The zero-order chi connectivity index (χ0) is 17.4. The minimum Gasteiger partial charge on any atom is -0.311 e. The molecule has 3 heterocycles. The van der Waals surface area contributed by atoms with Gasteiger partial charge >= 0.3 is 0 Å². The molecule has 4 rings (SSSR count). The number of aromatic nitrogens is 3. The number of fused-ring (bicyclic) bond motifs is 3. The summed E-state index contributed by atoms with van der Waals surface area (Å²) in [6.07, 6.45) is 5.42. The fourth-order valence-electron chi connectivity index (χ4n) is 3.21. The molecule has 7 heteroatoms. The van der Waals surface area contributed by atoms with Gasteiger partial charge in [0.05, 0.1) is 5.39 Å². The summed E-state index contributed by atoms with van der Waals surface area (Å²) in [5.74, 6) is 0.955. The molecule has 3 aromatic heterocycles. The number of nitrogens with one attached hydrogen (secondary N) is 2. The molecule has 0 fully saturated rings. The number of H-pyrrole nitrogens is 1. The van der Waals surface area contributed by atoms with Crippen LogP contribution in [0.3, 0.4) is 0 Å². The summed E-state index contributed by atoms with van der Waals surface area (Å²) in [7, 11) is 0. The van der Waals surface area contributed by atoms with Crippen LogP contribution >= 0.6 is 11.3 Å².